The number of aliphatic hydroxyl groups excluding tert-OH is 1. The van der Waals surface area contributed by atoms with E-state index in [4.69, 9.17) is 0 Å². The van der Waals surface area contributed by atoms with E-state index in [0.717, 1.165) is 25.4 Å². The maximum Gasteiger partial charge on any atom is 0.0606 e. The first kappa shape index (κ1) is 16.3. The van der Waals surface area contributed by atoms with E-state index in [0.29, 0.717) is 12.6 Å². The molecule has 1 aliphatic carbocycles. The molecule has 2 rings (SSSR count). The fourth-order valence-corrected chi connectivity index (χ4v) is 2.96. The third-order valence-corrected chi connectivity index (χ3v) is 4.54. The quantitative estimate of drug-likeness (QED) is 0.733. The Morgan fingerprint density at radius 1 is 1.29 bits per heavy atom. The fraction of sp³-hybridized carbons (Fsp3) is 0.667. The van der Waals surface area contributed by atoms with Crippen molar-refractivity contribution < 1.29 is 5.11 Å². The molecule has 0 saturated heterocycles. The molecule has 0 bridgehead atoms. The Hall–Kier alpha value is -1.06. The Morgan fingerprint density at radius 3 is 2.52 bits per heavy atom. The van der Waals surface area contributed by atoms with Gasteiger partial charge in [-0.25, -0.2) is 0 Å². The number of benzene rings is 1. The maximum atomic E-state index is 9.36. The molecule has 1 aliphatic rings. The molecule has 0 aliphatic heterocycles. The second kappa shape index (κ2) is 7.81. The molecule has 1 aromatic carbocycles. The summed E-state index contributed by atoms with van der Waals surface area (Å²) in [7, 11) is 0. The minimum Gasteiger partial charge on any atom is -0.395 e. The van der Waals surface area contributed by atoms with Gasteiger partial charge in [-0.15, -0.1) is 0 Å². The third-order valence-electron chi connectivity index (χ3n) is 4.54. The zero-order valence-corrected chi connectivity index (χ0v) is 13.7. The number of hydrogen-bond acceptors (Lipinski definition) is 3. The molecule has 0 atom stereocenters. The molecule has 21 heavy (non-hydrogen) atoms. The van der Waals surface area contributed by atoms with E-state index >= 15 is 0 Å². The second-order valence-corrected chi connectivity index (χ2v) is 6.15. The van der Waals surface area contributed by atoms with Crippen LogP contribution in [0.4, 0.5) is 5.69 Å². The van der Waals surface area contributed by atoms with E-state index in [9.17, 15) is 5.11 Å². The fourth-order valence-electron chi connectivity index (χ4n) is 2.96. The molecular formula is C18H30N2O. The van der Waals surface area contributed by atoms with Crippen molar-refractivity contribution in [3.63, 3.8) is 0 Å². The summed E-state index contributed by atoms with van der Waals surface area (Å²) in [4.78, 5) is 2.35. The lowest BCUT2D eigenvalue weighted by Crippen LogP contribution is -2.36. The largest absolute Gasteiger partial charge is 0.395 e. The zero-order valence-electron chi connectivity index (χ0n) is 13.7. The van der Waals surface area contributed by atoms with Crippen LogP contribution < -0.4 is 10.2 Å². The van der Waals surface area contributed by atoms with Crippen molar-refractivity contribution in [1.29, 1.82) is 0 Å². The summed E-state index contributed by atoms with van der Waals surface area (Å²) in [5.74, 6) is 0. The average Bonchev–Trinajstić information content (AvgIpc) is 3.30. The van der Waals surface area contributed by atoms with Gasteiger partial charge in [0, 0.05) is 30.9 Å². The number of hydrogen-bond donors (Lipinski definition) is 2. The maximum absolute atomic E-state index is 9.36. The number of aryl methyl sites for hydroxylation is 1. The Bertz CT molecular complexity index is 439. The van der Waals surface area contributed by atoms with Gasteiger partial charge in [-0.2, -0.15) is 0 Å². The molecule has 0 radical (unpaired) electrons. The molecule has 3 nitrogen and oxygen atoms in total. The lowest BCUT2D eigenvalue weighted by Gasteiger charge is -2.32. The van der Waals surface area contributed by atoms with Crippen molar-refractivity contribution in [3.8, 4) is 0 Å². The highest BCUT2D eigenvalue weighted by Gasteiger charge is 2.20. The van der Waals surface area contributed by atoms with E-state index in [-0.39, 0.29) is 6.61 Å². The predicted molar refractivity (Wildman–Crippen MR) is 89.8 cm³/mol. The van der Waals surface area contributed by atoms with Gasteiger partial charge in [0.2, 0.25) is 0 Å². The highest BCUT2D eigenvalue weighted by molar-refractivity contribution is 5.51. The van der Waals surface area contributed by atoms with Crippen molar-refractivity contribution in [2.24, 2.45) is 0 Å². The van der Waals surface area contributed by atoms with E-state index in [2.05, 4.69) is 49.2 Å². The molecule has 0 aromatic heterocycles. The van der Waals surface area contributed by atoms with Crippen molar-refractivity contribution in [2.45, 2.75) is 65.1 Å². The third kappa shape index (κ3) is 4.45. The number of nitrogens with one attached hydrogen (secondary N) is 1. The van der Waals surface area contributed by atoms with Gasteiger partial charge in [-0.05, 0) is 55.9 Å². The molecule has 1 fully saturated rings. The van der Waals surface area contributed by atoms with Gasteiger partial charge in [-0.3, -0.25) is 0 Å². The Labute approximate surface area is 129 Å². The Morgan fingerprint density at radius 2 is 2.00 bits per heavy atom. The van der Waals surface area contributed by atoms with Crippen LogP contribution in [-0.2, 0) is 6.54 Å². The summed E-state index contributed by atoms with van der Waals surface area (Å²) in [5.41, 5.74) is 3.97. The highest BCUT2D eigenvalue weighted by Crippen LogP contribution is 2.24. The summed E-state index contributed by atoms with van der Waals surface area (Å²) in [6.07, 6.45) is 4.88. The molecule has 1 saturated carbocycles. The summed E-state index contributed by atoms with van der Waals surface area (Å²) < 4.78 is 0. The van der Waals surface area contributed by atoms with Crippen LogP contribution in [0.25, 0.3) is 0 Å². The van der Waals surface area contributed by atoms with Crippen molar-refractivity contribution in [3.05, 3.63) is 29.3 Å². The number of anilines is 1. The van der Waals surface area contributed by atoms with Gasteiger partial charge in [0.05, 0.1) is 6.61 Å². The normalized spacial score (nSPS) is 14.7. The SMILES string of the molecule is CCC(CC)N(CCO)c1ccc(CNC2CC2)c(C)c1. The van der Waals surface area contributed by atoms with Crippen LogP contribution in [0.2, 0.25) is 0 Å². The van der Waals surface area contributed by atoms with Gasteiger partial charge < -0.3 is 15.3 Å². The van der Waals surface area contributed by atoms with Crippen LogP contribution in [-0.4, -0.2) is 30.3 Å². The zero-order chi connectivity index (χ0) is 15.2. The molecule has 2 N–H and O–H groups in total. The molecule has 0 spiro atoms. The van der Waals surface area contributed by atoms with E-state index < -0.39 is 0 Å². The minimum absolute atomic E-state index is 0.209. The topological polar surface area (TPSA) is 35.5 Å². The Balaban J connectivity index is 2.10. The lowest BCUT2D eigenvalue weighted by molar-refractivity contribution is 0.296. The number of aliphatic hydroxyl groups is 1. The second-order valence-electron chi connectivity index (χ2n) is 6.15. The van der Waals surface area contributed by atoms with E-state index in [1.807, 2.05) is 0 Å². The monoisotopic (exact) mass is 290 g/mol. The smallest absolute Gasteiger partial charge is 0.0606 e. The van der Waals surface area contributed by atoms with Crippen LogP contribution >= 0.6 is 0 Å². The molecule has 118 valence electrons. The molecule has 0 heterocycles. The first-order valence-corrected chi connectivity index (χ1v) is 8.40. The molecule has 1 aromatic rings. The summed E-state index contributed by atoms with van der Waals surface area (Å²) >= 11 is 0. The molecule has 0 amide bonds. The van der Waals surface area contributed by atoms with Gasteiger partial charge >= 0.3 is 0 Å². The van der Waals surface area contributed by atoms with Crippen molar-refractivity contribution in [2.75, 3.05) is 18.1 Å². The van der Waals surface area contributed by atoms with Crippen LogP contribution in [0.5, 0.6) is 0 Å². The number of nitrogens with zero attached hydrogens (tertiary/aromatic N) is 1. The van der Waals surface area contributed by atoms with Crippen LogP contribution in [0, 0.1) is 6.92 Å². The van der Waals surface area contributed by atoms with Crippen LogP contribution in [0.3, 0.4) is 0 Å². The summed E-state index contributed by atoms with van der Waals surface area (Å²) in [5, 5.41) is 12.9. The molecule has 0 unspecified atom stereocenters. The van der Waals surface area contributed by atoms with Gasteiger partial charge in [0.25, 0.3) is 0 Å². The van der Waals surface area contributed by atoms with Crippen LogP contribution in [0.1, 0.15) is 50.7 Å². The van der Waals surface area contributed by atoms with Gasteiger partial charge in [0.15, 0.2) is 0 Å². The summed E-state index contributed by atoms with van der Waals surface area (Å²) in [6.45, 7) is 8.53. The van der Waals surface area contributed by atoms with E-state index in [1.165, 1.54) is 29.7 Å². The lowest BCUT2D eigenvalue weighted by atomic mass is 10.0. The standard InChI is InChI=1S/C18H30N2O/c1-4-17(5-2)20(10-11-21)18-9-6-15(14(3)12-18)13-19-16-7-8-16/h6,9,12,16-17,19,21H,4-5,7-8,10-11,13H2,1-3H3. The van der Waals surface area contributed by atoms with Crippen molar-refractivity contribution >= 4 is 5.69 Å². The van der Waals surface area contributed by atoms with Gasteiger partial charge in [-0.1, -0.05) is 19.9 Å². The Kier molecular flexibility index (Phi) is 6.07. The predicted octanol–water partition coefficient (Wildman–Crippen LogP) is 3.23. The molecule has 3 heteroatoms. The van der Waals surface area contributed by atoms with Crippen molar-refractivity contribution in [1.82, 2.24) is 5.32 Å². The molecular weight excluding hydrogens is 260 g/mol. The first-order chi connectivity index (χ1) is 10.2. The van der Waals surface area contributed by atoms with Gasteiger partial charge in [0.1, 0.15) is 0 Å². The summed E-state index contributed by atoms with van der Waals surface area (Å²) in [6, 6.07) is 7.99. The first-order valence-electron chi connectivity index (χ1n) is 8.40. The highest BCUT2D eigenvalue weighted by atomic mass is 16.3. The van der Waals surface area contributed by atoms with E-state index in [1.54, 1.807) is 0 Å². The minimum atomic E-state index is 0.209. The average molecular weight is 290 g/mol. The number of rotatable bonds is 9. The van der Waals surface area contributed by atoms with Crippen LogP contribution in [0.15, 0.2) is 18.2 Å².